The van der Waals surface area contributed by atoms with Gasteiger partial charge >= 0.3 is 0 Å². The van der Waals surface area contributed by atoms with Crippen LogP contribution in [0.3, 0.4) is 0 Å². The number of nitrogens with one attached hydrogen (secondary N) is 5. The Balaban J connectivity index is 0.681. The van der Waals surface area contributed by atoms with Gasteiger partial charge in [0.1, 0.15) is 11.9 Å². The van der Waals surface area contributed by atoms with Crippen LogP contribution in [-0.2, 0) is 35.1 Å². The first-order valence-electron chi connectivity index (χ1n) is 24.8. The molecule has 2 saturated heterocycles. The molecule has 5 aromatic rings. The summed E-state index contributed by atoms with van der Waals surface area (Å²) in [6.45, 7) is 14.6. The van der Waals surface area contributed by atoms with Gasteiger partial charge in [-0.15, -0.1) is 0 Å². The molecule has 0 saturated carbocycles. The van der Waals surface area contributed by atoms with Crippen LogP contribution in [0.15, 0.2) is 65.7 Å². The summed E-state index contributed by atoms with van der Waals surface area (Å²) in [4.78, 5) is 102. The summed E-state index contributed by atoms with van der Waals surface area (Å²) >= 11 is 0. The summed E-state index contributed by atoms with van der Waals surface area (Å²) in [5.74, 6) is -1.74. The number of carbonyl (C=O) groups excluding carboxylic acids is 6. The molecule has 0 bridgehead atoms. The summed E-state index contributed by atoms with van der Waals surface area (Å²) in [5, 5.41) is 16.6. The number of aromatic nitrogens is 4. The molecule has 3 aromatic heterocycles. The number of H-pyrrole nitrogens is 1. The quantitative estimate of drug-likeness (QED) is 0.0466. The first-order valence-corrected chi connectivity index (χ1v) is 24.8. The second-order valence-corrected chi connectivity index (χ2v) is 18.5. The highest BCUT2D eigenvalue weighted by atomic mass is 16.5. The largest absolute Gasteiger partial charge is 0.382 e. The van der Waals surface area contributed by atoms with E-state index in [1.54, 1.807) is 24.4 Å². The molecule has 0 radical (unpaired) electrons. The van der Waals surface area contributed by atoms with Crippen molar-refractivity contribution in [3.63, 3.8) is 0 Å². The van der Waals surface area contributed by atoms with Crippen LogP contribution in [0.4, 0.5) is 11.5 Å². The Morgan fingerprint density at radius 1 is 0.822 bits per heavy atom. The Morgan fingerprint density at radius 3 is 2.29 bits per heavy atom. The standard InChI is InChI=1S/C52H63N11O10/c1-32(2)63-43-28-36(27-38(40(43)31-57-63)48(66)56-30-39-33(3)26-34(4)58-49(39)67)35-8-10-44(55-29-35)61-18-16-60(17-19-61)15-13-54-45(64)12-20-71-22-24-73-25-23-72-21-14-53-41-7-5-6-37-47(41)52(70)62(51(37)69)42-9-11-46(65)59-50(42)68/h5-8,10,26-29,31-32,42,53H,9,11-25,30H2,1-4H3,(H,54,64)(H,56,66)(H,58,67)(H,59,65,68). The molecule has 2 fully saturated rings. The summed E-state index contributed by atoms with van der Waals surface area (Å²) in [6.07, 6.45) is 3.93. The van der Waals surface area contributed by atoms with Crippen molar-refractivity contribution in [2.45, 2.75) is 65.6 Å². The zero-order valence-electron chi connectivity index (χ0n) is 41.7. The number of ether oxygens (including phenoxy) is 3. The molecular weight excluding hydrogens is 939 g/mol. The molecule has 6 heterocycles. The number of nitrogens with zero attached hydrogens (tertiary/aromatic N) is 6. The van der Waals surface area contributed by atoms with Crippen molar-refractivity contribution >= 4 is 57.9 Å². The molecular formula is C52H63N11O10. The van der Waals surface area contributed by atoms with E-state index in [0.717, 1.165) is 76.7 Å². The van der Waals surface area contributed by atoms with Crippen molar-refractivity contribution in [1.82, 2.24) is 45.5 Å². The number of benzene rings is 2. The second-order valence-electron chi connectivity index (χ2n) is 18.5. The van der Waals surface area contributed by atoms with E-state index in [-0.39, 0.29) is 67.0 Å². The number of piperidine rings is 1. The monoisotopic (exact) mass is 1000 g/mol. The van der Waals surface area contributed by atoms with Gasteiger partial charge in [0.2, 0.25) is 17.7 Å². The van der Waals surface area contributed by atoms with E-state index in [1.807, 2.05) is 68.9 Å². The average molecular weight is 1000 g/mol. The minimum atomic E-state index is -1.03. The van der Waals surface area contributed by atoms with Gasteiger partial charge in [0.05, 0.1) is 68.0 Å². The fraction of sp³-hybridized carbons (Fsp3) is 0.442. The third-order valence-electron chi connectivity index (χ3n) is 13.1. The summed E-state index contributed by atoms with van der Waals surface area (Å²) in [7, 11) is 0. The summed E-state index contributed by atoms with van der Waals surface area (Å²) < 4.78 is 18.7. The molecule has 1 unspecified atom stereocenters. The van der Waals surface area contributed by atoms with E-state index >= 15 is 0 Å². The van der Waals surface area contributed by atoms with Gasteiger partial charge in [0.25, 0.3) is 23.3 Å². The van der Waals surface area contributed by atoms with Crippen molar-refractivity contribution in [3.8, 4) is 11.1 Å². The van der Waals surface area contributed by atoms with Crippen molar-refractivity contribution in [2.75, 3.05) is 95.7 Å². The van der Waals surface area contributed by atoms with Gasteiger partial charge in [-0.25, -0.2) is 4.98 Å². The van der Waals surface area contributed by atoms with Crippen LogP contribution < -0.4 is 31.7 Å². The SMILES string of the molecule is Cc1cc(C)c(CNC(=O)c2cc(-c3ccc(N4CCN(CCNC(=O)CCOCCOCCOCCNc5cccc6c5C(=O)N(C5CCC(=O)NC5=O)C6=O)CC4)nc3)cc3c2cnn3C(C)C)c(=O)[nH]1. The average Bonchev–Trinajstić information content (AvgIpc) is 3.92. The molecule has 0 aliphatic carbocycles. The van der Waals surface area contributed by atoms with Crippen molar-refractivity contribution in [3.05, 3.63) is 105 Å². The van der Waals surface area contributed by atoms with Crippen LogP contribution in [0.2, 0.25) is 0 Å². The van der Waals surface area contributed by atoms with E-state index < -0.39 is 29.7 Å². The van der Waals surface area contributed by atoms with E-state index in [1.165, 1.54) is 0 Å². The lowest BCUT2D eigenvalue weighted by Gasteiger charge is -2.35. The minimum absolute atomic E-state index is 0.0511. The van der Waals surface area contributed by atoms with E-state index in [2.05, 4.69) is 41.1 Å². The van der Waals surface area contributed by atoms with Crippen LogP contribution >= 0.6 is 0 Å². The van der Waals surface area contributed by atoms with Gasteiger partial charge in [-0.3, -0.25) is 53.4 Å². The van der Waals surface area contributed by atoms with Gasteiger partial charge in [0.15, 0.2) is 0 Å². The number of hydrogen-bond acceptors (Lipinski definition) is 15. The van der Waals surface area contributed by atoms with Gasteiger partial charge in [-0.2, -0.15) is 5.10 Å². The maximum Gasteiger partial charge on any atom is 0.264 e. The Kier molecular flexibility index (Phi) is 17.0. The molecule has 2 aromatic carbocycles. The molecule has 21 heteroatoms. The highest BCUT2D eigenvalue weighted by molar-refractivity contribution is 6.25. The highest BCUT2D eigenvalue weighted by Crippen LogP contribution is 2.33. The lowest BCUT2D eigenvalue weighted by Crippen LogP contribution is -2.54. The van der Waals surface area contributed by atoms with Crippen LogP contribution in [0, 0.1) is 13.8 Å². The van der Waals surface area contributed by atoms with E-state index in [0.29, 0.717) is 62.9 Å². The third-order valence-corrected chi connectivity index (χ3v) is 13.1. The van der Waals surface area contributed by atoms with Gasteiger partial charge < -0.3 is 40.0 Å². The smallest absolute Gasteiger partial charge is 0.264 e. The molecule has 3 aliphatic heterocycles. The number of hydrogen-bond donors (Lipinski definition) is 5. The number of pyridine rings is 2. The van der Waals surface area contributed by atoms with Crippen LogP contribution in [0.25, 0.3) is 22.0 Å². The summed E-state index contributed by atoms with van der Waals surface area (Å²) in [6, 6.07) is 13.7. The van der Waals surface area contributed by atoms with E-state index in [4.69, 9.17) is 19.2 Å². The number of anilines is 2. The topological polar surface area (TPSA) is 252 Å². The number of aryl methyl sites for hydroxylation is 2. The predicted octanol–water partition coefficient (Wildman–Crippen LogP) is 3.11. The Hall–Kier alpha value is -7.33. The van der Waals surface area contributed by atoms with E-state index in [9.17, 15) is 33.6 Å². The van der Waals surface area contributed by atoms with Gasteiger partial charge in [-0.05, 0) is 87.7 Å². The fourth-order valence-electron chi connectivity index (χ4n) is 9.29. The zero-order valence-corrected chi connectivity index (χ0v) is 41.7. The van der Waals surface area contributed by atoms with Crippen LogP contribution in [0.5, 0.6) is 0 Å². The van der Waals surface area contributed by atoms with Gasteiger partial charge in [0, 0.05) is 105 Å². The Labute approximate surface area is 422 Å². The Bertz CT molecular complexity index is 2910. The van der Waals surface area contributed by atoms with Crippen molar-refractivity contribution in [1.29, 1.82) is 0 Å². The van der Waals surface area contributed by atoms with Crippen molar-refractivity contribution in [2.24, 2.45) is 0 Å². The normalized spacial score (nSPS) is 16.1. The van der Waals surface area contributed by atoms with Crippen LogP contribution in [0.1, 0.15) is 87.0 Å². The number of amides is 6. The molecule has 6 amide bonds. The maximum absolute atomic E-state index is 13.7. The first-order chi connectivity index (χ1) is 35.3. The molecule has 8 rings (SSSR count). The molecule has 5 N–H and O–H groups in total. The molecule has 386 valence electrons. The Morgan fingerprint density at radius 2 is 1.58 bits per heavy atom. The molecule has 3 aliphatic rings. The van der Waals surface area contributed by atoms with Crippen molar-refractivity contribution < 1.29 is 43.0 Å². The lowest BCUT2D eigenvalue weighted by atomic mass is 10.0. The number of rotatable bonds is 23. The maximum atomic E-state index is 13.7. The number of carbonyl (C=O) groups is 6. The molecule has 0 spiro atoms. The summed E-state index contributed by atoms with van der Waals surface area (Å²) in [5.41, 5.74) is 5.73. The number of aromatic amines is 1. The number of piperazine rings is 1. The fourth-order valence-corrected chi connectivity index (χ4v) is 9.29. The lowest BCUT2D eigenvalue weighted by molar-refractivity contribution is -0.136. The molecule has 73 heavy (non-hydrogen) atoms. The number of fused-ring (bicyclic) bond motifs is 2. The van der Waals surface area contributed by atoms with Crippen LogP contribution in [-0.4, -0.2) is 156 Å². The first kappa shape index (κ1) is 52.0. The number of imide groups is 2. The van der Waals surface area contributed by atoms with Gasteiger partial charge in [-0.1, -0.05) is 6.07 Å². The predicted molar refractivity (Wildman–Crippen MR) is 271 cm³/mol. The third kappa shape index (κ3) is 12.5. The zero-order chi connectivity index (χ0) is 51.6. The second kappa shape index (κ2) is 23.9. The molecule has 1 atom stereocenters. The molecule has 21 nitrogen and oxygen atoms in total. The minimum Gasteiger partial charge on any atom is -0.382 e. The highest BCUT2D eigenvalue weighted by Gasteiger charge is 2.45.